The summed E-state index contributed by atoms with van der Waals surface area (Å²) in [4.78, 5) is 15.9. The van der Waals surface area contributed by atoms with E-state index >= 15 is 0 Å². The summed E-state index contributed by atoms with van der Waals surface area (Å²) in [5.41, 5.74) is 5.71. The standard InChI is InChI=1S/C30H26ClN5O/c1-2-26-25-20-35(30(37)32-23-17-15-22(31)16-18-23)28(21-10-5-3-6-11-21)27-14-9-19-34(27)29(25)36(33-26)24-12-7-4-8-13-24/h3-19,28H,2,20H2,1H3,(H,32,37)/t28-/m1/s1. The average molecular weight is 508 g/mol. The van der Waals surface area contributed by atoms with Crippen molar-refractivity contribution in [3.8, 4) is 11.5 Å². The maximum Gasteiger partial charge on any atom is 0.322 e. The van der Waals surface area contributed by atoms with Crippen molar-refractivity contribution in [2.24, 2.45) is 0 Å². The second-order valence-corrected chi connectivity index (χ2v) is 9.47. The molecule has 2 amide bonds. The number of nitrogens with one attached hydrogen (secondary N) is 1. The number of carbonyl (C=O) groups excluding carboxylic acids is 1. The largest absolute Gasteiger partial charge is 0.322 e. The number of hydrogen-bond donors (Lipinski definition) is 1. The highest BCUT2D eigenvalue weighted by Gasteiger charge is 2.36. The van der Waals surface area contributed by atoms with Crippen molar-refractivity contribution in [1.82, 2.24) is 19.2 Å². The first-order valence-electron chi connectivity index (χ1n) is 12.4. The number of hydrogen-bond acceptors (Lipinski definition) is 2. The minimum atomic E-state index is -0.301. The molecule has 0 bridgehead atoms. The summed E-state index contributed by atoms with van der Waals surface area (Å²) in [6, 6.07) is 31.1. The van der Waals surface area contributed by atoms with Crippen molar-refractivity contribution in [2.75, 3.05) is 5.32 Å². The Morgan fingerprint density at radius 1 is 0.946 bits per heavy atom. The fraction of sp³-hybridized carbons (Fsp3) is 0.133. The molecule has 5 aromatic rings. The van der Waals surface area contributed by atoms with E-state index in [9.17, 15) is 4.79 Å². The number of urea groups is 1. The van der Waals surface area contributed by atoms with Crippen molar-refractivity contribution < 1.29 is 4.79 Å². The Balaban J connectivity index is 1.54. The minimum Gasteiger partial charge on any atom is -0.308 e. The van der Waals surface area contributed by atoms with Gasteiger partial charge in [-0.05, 0) is 60.5 Å². The van der Waals surface area contributed by atoms with Gasteiger partial charge >= 0.3 is 6.03 Å². The molecular weight excluding hydrogens is 482 g/mol. The molecule has 2 aromatic heterocycles. The molecule has 184 valence electrons. The lowest BCUT2D eigenvalue weighted by molar-refractivity contribution is 0.194. The van der Waals surface area contributed by atoms with Gasteiger partial charge in [0, 0.05) is 22.5 Å². The van der Waals surface area contributed by atoms with Gasteiger partial charge in [0.15, 0.2) is 0 Å². The van der Waals surface area contributed by atoms with Crippen molar-refractivity contribution in [3.63, 3.8) is 0 Å². The van der Waals surface area contributed by atoms with Crippen LogP contribution in [0, 0.1) is 0 Å². The van der Waals surface area contributed by atoms with Crippen molar-refractivity contribution >= 4 is 23.3 Å². The Kier molecular flexibility index (Phi) is 6.02. The third-order valence-corrected chi connectivity index (χ3v) is 7.03. The summed E-state index contributed by atoms with van der Waals surface area (Å²) < 4.78 is 4.18. The molecule has 3 heterocycles. The fourth-order valence-electron chi connectivity index (χ4n) is 5.06. The van der Waals surface area contributed by atoms with Crippen LogP contribution in [-0.2, 0) is 13.0 Å². The minimum absolute atomic E-state index is 0.189. The first kappa shape index (κ1) is 23.1. The van der Waals surface area contributed by atoms with Gasteiger partial charge in [-0.25, -0.2) is 9.48 Å². The Morgan fingerprint density at radius 2 is 1.65 bits per heavy atom. The molecule has 0 saturated heterocycles. The van der Waals surface area contributed by atoms with Crippen LogP contribution in [0.4, 0.5) is 10.5 Å². The molecule has 1 aliphatic rings. The Bertz CT molecular complexity index is 1540. The average Bonchev–Trinajstić information content (AvgIpc) is 3.52. The number of aromatic nitrogens is 3. The second kappa shape index (κ2) is 9.64. The van der Waals surface area contributed by atoms with Crippen LogP contribution in [0.2, 0.25) is 5.02 Å². The lowest BCUT2D eigenvalue weighted by Gasteiger charge is -2.31. The van der Waals surface area contributed by atoms with Crippen LogP contribution in [0.1, 0.15) is 35.5 Å². The normalized spacial score (nSPS) is 14.5. The first-order chi connectivity index (χ1) is 18.1. The van der Waals surface area contributed by atoms with Crippen molar-refractivity contribution in [1.29, 1.82) is 0 Å². The van der Waals surface area contributed by atoms with Gasteiger partial charge in [-0.3, -0.25) is 0 Å². The van der Waals surface area contributed by atoms with E-state index in [1.54, 1.807) is 12.1 Å². The van der Waals surface area contributed by atoms with Crippen LogP contribution in [-0.4, -0.2) is 25.3 Å². The second-order valence-electron chi connectivity index (χ2n) is 9.03. The third kappa shape index (κ3) is 4.19. The van der Waals surface area contributed by atoms with E-state index in [-0.39, 0.29) is 12.1 Å². The number of para-hydroxylation sites is 1. The SMILES string of the molecule is CCc1nn(-c2ccccc2)c2c1CN(C(=O)Nc1ccc(Cl)cc1)[C@H](c1ccccc1)c1cccn1-2. The van der Waals surface area contributed by atoms with E-state index in [1.165, 1.54) is 0 Å². The number of amides is 2. The van der Waals surface area contributed by atoms with Gasteiger partial charge in [-0.15, -0.1) is 0 Å². The zero-order valence-corrected chi connectivity index (χ0v) is 21.1. The molecule has 1 N–H and O–H groups in total. The molecule has 1 aliphatic heterocycles. The van der Waals surface area contributed by atoms with Crippen LogP contribution >= 0.6 is 11.6 Å². The van der Waals surface area contributed by atoms with Crippen LogP contribution < -0.4 is 5.32 Å². The highest BCUT2D eigenvalue weighted by molar-refractivity contribution is 6.30. The van der Waals surface area contributed by atoms with Gasteiger partial charge in [0.25, 0.3) is 0 Å². The van der Waals surface area contributed by atoms with Crippen LogP contribution in [0.25, 0.3) is 11.5 Å². The zero-order valence-electron chi connectivity index (χ0n) is 20.4. The number of fused-ring (bicyclic) bond motifs is 3. The van der Waals surface area contributed by atoms with Gasteiger partial charge < -0.3 is 14.8 Å². The maximum atomic E-state index is 14.0. The van der Waals surface area contributed by atoms with E-state index in [0.29, 0.717) is 17.3 Å². The molecule has 0 fully saturated rings. The fourth-order valence-corrected chi connectivity index (χ4v) is 5.19. The Hall–Kier alpha value is -4.29. The third-order valence-electron chi connectivity index (χ3n) is 6.78. The molecule has 37 heavy (non-hydrogen) atoms. The number of benzene rings is 3. The van der Waals surface area contributed by atoms with Gasteiger partial charge in [0.2, 0.25) is 0 Å². The molecule has 0 aliphatic carbocycles. The number of aryl methyl sites for hydroxylation is 1. The lowest BCUT2D eigenvalue weighted by Crippen LogP contribution is -2.38. The van der Waals surface area contributed by atoms with Gasteiger partial charge in [0.1, 0.15) is 5.82 Å². The van der Waals surface area contributed by atoms with Crippen molar-refractivity contribution in [3.05, 3.63) is 131 Å². The van der Waals surface area contributed by atoms with E-state index in [0.717, 1.165) is 40.4 Å². The highest BCUT2D eigenvalue weighted by atomic mass is 35.5. The van der Waals surface area contributed by atoms with Crippen LogP contribution in [0.5, 0.6) is 0 Å². The van der Waals surface area contributed by atoms with Crippen molar-refractivity contribution in [2.45, 2.75) is 25.9 Å². The summed E-state index contributed by atoms with van der Waals surface area (Å²) in [7, 11) is 0. The molecule has 7 heteroatoms. The Morgan fingerprint density at radius 3 is 2.35 bits per heavy atom. The number of nitrogens with zero attached hydrogens (tertiary/aromatic N) is 4. The van der Waals surface area contributed by atoms with E-state index in [4.69, 9.17) is 16.7 Å². The number of rotatable bonds is 4. The summed E-state index contributed by atoms with van der Waals surface area (Å²) in [5.74, 6) is 0.964. The van der Waals surface area contributed by atoms with E-state index in [2.05, 4.69) is 53.3 Å². The smallest absolute Gasteiger partial charge is 0.308 e. The molecular formula is C30H26ClN5O. The van der Waals surface area contributed by atoms with Gasteiger partial charge in [-0.2, -0.15) is 5.10 Å². The maximum absolute atomic E-state index is 14.0. The summed E-state index contributed by atoms with van der Waals surface area (Å²) in [6.45, 7) is 2.51. The number of halogens is 1. The first-order valence-corrected chi connectivity index (χ1v) is 12.7. The molecule has 0 spiro atoms. The molecule has 6 nitrogen and oxygen atoms in total. The number of carbonyl (C=O) groups is 1. The Labute approximate surface area is 220 Å². The molecule has 0 unspecified atom stereocenters. The molecule has 0 radical (unpaired) electrons. The summed E-state index contributed by atoms with van der Waals surface area (Å²) in [5, 5.41) is 8.72. The monoisotopic (exact) mass is 507 g/mol. The molecule has 6 rings (SSSR count). The topological polar surface area (TPSA) is 55.1 Å². The summed E-state index contributed by atoms with van der Waals surface area (Å²) in [6.07, 6.45) is 2.81. The quantitative estimate of drug-likeness (QED) is 0.284. The van der Waals surface area contributed by atoms with Gasteiger partial charge in [0.05, 0.1) is 29.7 Å². The van der Waals surface area contributed by atoms with Crippen LogP contribution in [0.3, 0.4) is 0 Å². The predicted octanol–water partition coefficient (Wildman–Crippen LogP) is 7.02. The van der Waals surface area contributed by atoms with E-state index in [1.807, 2.05) is 64.2 Å². The zero-order chi connectivity index (χ0) is 25.4. The van der Waals surface area contributed by atoms with Crippen LogP contribution in [0.15, 0.2) is 103 Å². The van der Waals surface area contributed by atoms with E-state index < -0.39 is 0 Å². The summed E-state index contributed by atoms with van der Waals surface area (Å²) >= 11 is 6.07. The molecule has 0 saturated carbocycles. The number of anilines is 1. The molecule has 1 atom stereocenters. The predicted molar refractivity (Wildman–Crippen MR) is 147 cm³/mol. The van der Waals surface area contributed by atoms with Gasteiger partial charge in [-0.1, -0.05) is 67.1 Å². The lowest BCUT2D eigenvalue weighted by atomic mass is 10.0. The molecule has 3 aromatic carbocycles. The highest BCUT2D eigenvalue weighted by Crippen LogP contribution is 2.39.